The van der Waals surface area contributed by atoms with E-state index >= 15 is 0 Å². The molecule has 4 aromatic rings. The third-order valence-corrected chi connectivity index (χ3v) is 9.85. The Labute approximate surface area is 322 Å². The van der Waals surface area contributed by atoms with Crippen LogP contribution in [0.15, 0.2) is 149 Å². The van der Waals surface area contributed by atoms with Gasteiger partial charge in [0.25, 0.3) is 11.8 Å². The van der Waals surface area contributed by atoms with Gasteiger partial charge >= 0.3 is 0 Å². The molecule has 0 spiro atoms. The number of nitrogens with one attached hydrogen (secondary N) is 1. The first kappa shape index (κ1) is 37.7. The molecular weight excluding hydrogens is 844 g/mol. The van der Waals surface area contributed by atoms with Crippen molar-refractivity contribution in [3.63, 3.8) is 0 Å². The zero-order chi connectivity index (χ0) is 36.3. The van der Waals surface area contributed by atoms with E-state index < -0.39 is 17.9 Å². The predicted octanol–water partition coefficient (Wildman–Crippen LogP) is 9.17. The second-order valence-electron chi connectivity index (χ2n) is 11.0. The number of carbonyl (C=O) groups excluding carboxylic acids is 3. The molecule has 1 heterocycles. The van der Waals surface area contributed by atoms with E-state index in [0.717, 1.165) is 22.9 Å². The number of ether oxygens (including phenoxy) is 1. The van der Waals surface area contributed by atoms with Crippen LogP contribution < -0.4 is 10.1 Å². The second kappa shape index (κ2) is 18.1. The van der Waals surface area contributed by atoms with Gasteiger partial charge in [-0.1, -0.05) is 109 Å². The monoisotopic (exact) mass is 875 g/mol. The second-order valence-corrected chi connectivity index (χ2v) is 14.0. The molecule has 1 aliphatic rings. The number of benzene rings is 4. The number of amidine groups is 1. The van der Waals surface area contributed by atoms with E-state index in [9.17, 15) is 18.8 Å². The van der Waals surface area contributed by atoms with Crippen LogP contribution in [0.4, 0.5) is 4.39 Å². The van der Waals surface area contributed by atoms with Gasteiger partial charge in [0.2, 0.25) is 5.91 Å². The molecule has 1 N–H and O–H groups in total. The lowest BCUT2D eigenvalue weighted by atomic mass is 9.99. The van der Waals surface area contributed by atoms with Crippen LogP contribution in [0.2, 0.25) is 0 Å². The molecule has 7 nitrogen and oxygen atoms in total. The summed E-state index contributed by atoms with van der Waals surface area (Å²) >= 11 is 6.63. The van der Waals surface area contributed by atoms with Crippen molar-refractivity contribution in [3.8, 4) is 5.75 Å². The molecule has 5 rings (SSSR count). The van der Waals surface area contributed by atoms with Gasteiger partial charge in [-0.05, 0) is 104 Å². The first-order valence-corrected chi connectivity index (χ1v) is 18.6. The number of hydrogen-bond acceptors (Lipinski definition) is 5. The standard InChI is InChI=1S/C40H32BrFIN3O4S/c1-3-5-19-31(4-2)46-39(49)32(21-27-22-33(41)37(34(43)23-27)50-24-26-13-12-18-30(42)20-26)38(48)45-40(46)51-25-35(47)44-36(28-14-8-6-9-15-28)29-16-10-7-11-17-29/h3-23,36H,1,24-25H2,2H3,(H,44,47)/b19-5-,31-4+,32-21+. The Morgan fingerprint density at radius 3 is 2.33 bits per heavy atom. The highest BCUT2D eigenvalue weighted by Crippen LogP contribution is 2.34. The van der Waals surface area contributed by atoms with Crippen molar-refractivity contribution in [2.75, 3.05) is 5.75 Å². The van der Waals surface area contributed by atoms with Crippen LogP contribution in [0.5, 0.6) is 5.75 Å². The van der Waals surface area contributed by atoms with Crippen molar-refractivity contribution in [2.45, 2.75) is 19.6 Å². The van der Waals surface area contributed by atoms with Gasteiger partial charge in [0.15, 0.2) is 5.17 Å². The van der Waals surface area contributed by atoms with Crippen molar-refractivity contribution < 1.29 is 23.5 Å². The van der Waals surface area contributed by atoms with Crippen LogP contribution in [0.25, 0.3) is 6.08 Å². The molecule has 0 fully saturated rings. The normalized spacial score (nSPS) is 14.3. The van der Waals surface area contributed by atoms with E-state index in [2.05, 4.69) is 55.4 Å². The van der Waals surface area contributed by atoms with Gasteiger partial charge in [-0.2, -0.15) is 4.99 Å². The number of allylic oxidation sites excluding steroid dienone is 4. The molecular formula is C40H32BrFIN3O4S. The van der Waals surface area contributed by atoms with Crippen LogP contribution in [-0.4, -0.2) is 33.5 Å². The molecule has 4 aromatic carbocycles. The maximum atomic E-state index is 14.1. The van der Waals surface area contributed by atoms with Crippen LogP contribution in [0.1, 0.15) is 35.2 Å². The Morgan fingerprint density at radius 2 is 1.73 bits per heavy atom. The number of halogens is 3. The quantitative estimate of drug-likeness (QED) is 0.0665. The Bertz CT molecular complexity index is 2010. The topological polar surface area (TPSA) is 88.1 Å². The van der Waals surface area contributed by atoms with Crippen molar-refractivity contribution >= 4 is 79.2 Å². The smallest absolute Gasteiger partial charge is 0.285 e. The summed E-state index contributed by atoms with van der Waals surface area (Å²) in [6.07, 6.45) is 8.12. The molecule has 0 unspecified atom stereocenters. The fourth-order valence-corrected chi connectivity index (χ4v) is 7.72. The van der Waals surface area contributed by atoms with E-state index in [1.54, 1.807) is 55.5 Å². The number of thioether (sulfide) groups is 1. The molecule has 11 heteroatoms. The van der Waals surface area contributed by atoms with Crippen molar-refractivity contribution in [2.24, 2.45) is 4.99 Å². The number of amides is 3. The molecule has 0 saturated carbocycles. The summed E-state index contributed by atoms with van der Waals surface area (Å²) in [5.41, 5.74) is 3.36. The molecule has 1 aliphatic heterocycles. The van der Waals surface area contributed by atoms with Crippen LogP contribution >= 0.6 is 50.3 Å². The highest BCUT2D eigenvalue weighted by atomic mass is 127. The maximum Gasteiger partial charge on any atom is 0.285 e. The molecule has 0 aliphatic carbocycles. The third-order valence-electron chi connectivity index (χ3n) is 7.52. The van der Waals surface area contributed by atoms with Crippen LogP contribution in [0.3, 0.4) is 0 Å². The van der Waals surface area contributed by atoms with Gasteiger partial charge in [0.05, 0.1) is 19.8 Å². The lowest BCUT2D eigenvalue weighted by Crippen LogP contribution is -2.42. The molecule has 3 amide bonds. The molecule has 51 heavy (non-hydrogen) atoms. The molecule has 0 saturated heterocycles. The number of aliphatic imine (C=N–C) groups is 1. The average molecular weight is 877 g/mol. The minimum atomic E-state index is -0.730. The van der Waals surface area contributed by atoms with Crippen LogP contribution in [-0.2, 0) is 21.0 Å². The third kappa shape index (κ3) is 9.81. The summed E-state index contributed by atoms with van der Waals surface area (Å²) in [7, 11) is 0. The summed E-state index contributed by atoms with van der Waals surface area (Å²) in [5, 5.41) is 3.17. The van der Waals surface area contributed by atoms with E-state index in [1.165, 1.54) is 23.1 Å². The van der Waals surface area contributed by atoms with Gasteiger partial charge in [0.1, 0.15) is 23.7 Å². The highest BCUT2D eigenvalue weighted by Gasteiger charge is 2.35. The maximum absolute atomic E-state index is 14.1. The summed E-state index contributed by atoms with van der Waals surface area (Å²) in [4.78, 5) is 46.6. The van der Waals surface area contributed by atoms with E-state index in [1.807, 2.05) is 60.7 Å². The van der Waals surface area contributed by atoms with Gasteiger partial charge in [-0.25, -0.2) is 4.39 Å². The predicted molar refractivity (Wildman–Crippen MR) is 213 cm³/mol. The molecule has 0 radical (unpaired) electrons. The van der Waals surface area contributed by atoms with E-state index in [-0.39, 0.29) is 34.8 Å². The largest absolute Gasteiger partial charge is 0.487 e. The number of carbonyl (C=O) groups is 3. The summed E-state index contributed by atoms with van der Waals surface area (Å²) in [5.74, 6) is -1.54. The van der Waals surface area contributed by atoms with Gasteiger partial charge in [-0.15, -0.1) is 0 Å². The molecule has 0 bridgehead atoms. The number of nitrogens with zero attached hydrogens (tertiary/aromatic N) is 2. The number of hydrogen-bond donors (Lipinski definition) is 1. The fourth-order valence-electron chi connectivity index (χ4n) is 5.14. The molecule has 0 atom stereocenters. The first-order chi connectivity index (χ1) is 24.7. The SMILES string of the molecule is C=C/C=C\C(=C/C)N1C(=O)/C(=C/c2cc(Br)c(OCc3cccc(F)c3)c(I)c2)C(=O)N=C1SCC(=O)NC(c1ccccc1)c1ccccc1. The molecule has 258 valence electrons. The lowest BCUT2D eigenvalue weighted by Gasteiger charge is -2.28. The fraction of sp³-hybridized carbons (Fsp3) is 0.100. The first-order valence-electron chi connectivity index (χ1n) is 15.7. The van der Waals surface area contributed by atoms with Gasteiger partial charge < -0.3 is 10.1 Å². The summed E-state index contributed by atoms with van der Waals surface area (Å²) in [6, 6.07) is 28.5. The Balaban J connectivity index is 1.39. The van der Waals surface area contributed by atoms with E-state index in [0.29, 0.717) is 30.6 Å². The average Bonchev–Trinajstić information content (AvgIpc) is 3.13. The minimum Gasteiger partial charge on any atom is -0.487 e. The van der Waals surface area contributed by atoms with Crippen molar-refractivity contribution in [3.05, 3.63) is 175 Å². The van der Waals surface area contributed by atoms with Crippen molar-refractivity contribution in [1.29, 1.82) is 0 Å². The van der Waals surface area contributed by atoms with Crippen LogP contribution in [0, 0.1) is 9.39 Å². The van der Waals surface area contributed by atoms with Gasteiger partial charge in [-0.3, -0.25) is 19.3 Å². The minimum absolute atomic E-state index is 0.0759. The van der Waals surface area contributed by atoms with E-state index in [4.69, 9.17) is 4.74 Å². The Hall–Kier alpha value is -4.59. The highest BCUT2D eigenvalue weighted by molar-refractivity contribution is 14.1. The van der Waals surface area contributed by atoms with Crippen molar-refractivity contribution in [1.82, 2.24) is 10.2 Å². The lowest BCUT2D eigenvalue weighted by molar-refractivity contribution is -0.126. The van der Waals surface area contributed by atoms with Gasteiger partial charge in [0, 0.05) is 5.70 Å². The number of rotatable bonds is 12. The zero-order valence-electron chi connectivity index (χ0n) is 27.4. The Morgan fingerprint density at radius 1 is 1.04 bits per heavy atom. The zero-order valence-corrected chi connectivity index (χ0v) is 32.0. The summed E-state index contributed by atoms with van der Waals surface area (Å²) in [6.45, 7) is 5.63. The Kier molecular flexibility index (Phi) is 13.3. The summed E-state index contributed by atoms with van der Waals surface area (Å²) < 4.78 is 20.9. The molecule has 0 aromatic heterocycles.